The van der Waals surface area contributed by atoms with E-state index in [-0.39, 0.29) is 5.91 Å². The predicted octanol–water partition coefficient (Wildman–Crippen LogP) is 5.16. The van der Waals surface area contributed by atoms with E-state index in [1.165, 1.54) is 0 Å². The lowest BCUT2D eigenvalue weighted by Crippen LogP contribution is -2.49. The van der Waals surface area contributed by atoms with Gasteiger partial charge < -0.3 is 9.80 Å². The first kappa shape index (κ1) is 25.1. The summed E-state index contributed by atoms with van der Waals surface area (Å²) < 4.78 is 1.92. The minimum Gasteiger partial charge on any atom is -0.352 e. The van der Waals surface area contributed by atoms with Crippen molar-refractivity contribution in [3.63, 3.8) is 0 Å². The number of thioether (sulfide) groups is 1. The quantitative estimate of drug-likeness (QED) is 0.269. The van der Waals surface area contributed by atoms with Crippen LogP contribution in [0.4, 0.5) is 5.82 Å². The highest BCUT2D eigenvalue weighted by atomic mass is 32.2. The Labute approximate surface area is 232 Å². The van der Waals surface area contributed by atoms with Crippen LogP contribution in [0.5, 0.6) is 0 Å². The third kappa shape index (κ3) is 5.52. The van der Waals surface area contributed by atoms with Crippen LogP contribution in [0.3, 0.4) is 0 Å². The summed E-state index contributed by atoms with van der Waals surface area (Å²) in [5.41, 5.74) is 3.84. The molecule has 5 aromatic rings. The van der Waals surface area contributed by atoms with Crippen molar-refractivity contribution in [2.45, 2.75) is 18.2 Å². The second kappa shape index (κ2) is 11.3. The molecule has 1 fully saturated rings. The van der Waals surface area contributed by atoms with E-state index in [0.717, 1.165) is 44.5 Å². The van der Waals surface area contributed by atoms with E-state index >= 15 is 0 Å². The van der Waals surface area contributed by atoms with E-state index in [9.17, 15) is 4.79 Å². The topological polar surface area (TPSA) is 67.2 Å². The number of piperazine rings is 1. The fourth-order valence-corrected chi connectivity index (χ4v) is 5.78. The van der Waals surface area contributed by atoms with Gasteiger partial charge in [-0.3, -0.25) is 4.79 Å². The van der Waals surface area contributed by atoms with Gasteiger partial charge in [-0.25, -0.2) is 14.6 Å². The summed E-state index contributed by atoms with van der Waals surface area (Å²) in [6.45, 7) is 4.79. The summed E-state index contributed by atoms with van der Waals surface area (Å²) >= 11 is 1.59. The van der Waals surface area contributed by atoms with Crippen LogP contribution in [0.2, 0.25) is 0 Å². The van der Waals surface area contributed by atoms with E-state index in [0.29, 0.717) is 38.4 Å². The van der Waals surface area contributed by atoms with Gasteiger partial charge in [-0.15, -0.1) is 11.8 Å². The Bertz CT molecular complexity index is 1570. The number of hydrogen-bond donors (Lipinski definition) is 0. The van der Waals surface area contributed by atoms with Crippen molar-refractivity contribution < 1.29 is 4.79 Å². The highest BCUT2D eigenvalue weighted by molar-refractivity contribution is 8.00. The molecule has 0 bridgehead atoms. The van der Waals surface area contributed by atoms with Gasteiger partial charge >= 0.3 is 0 Å². The minimum absolute atomic E-state index is 0.175. The molecule has 0 N–H and O–H groups in total. The summed E-state index contributed by atoms with van der Waals surface area (Å²) in [4.78, 5) is 28.4. The number of aryl methyl sites for hydroxylation is 1. The van der Waals surface area contributed by atoms with Gasteiger partial charge in [0, 0.05) is 37.5 Å². The number of fused-ring (bicyclic) bond motifs is 1. The summed E-state index contributed by atoms with van der Waals surface area (Å²) in [6, 6.07) is 30.5. The molecule has 3 aromatic carbocycles. The van der Waals surface area contributed by atoms with Crippen LogP contribution in [0, 0.1) is 6.92 Å². The zero-order chi connectivity index (χ0) is 26.6. The monoisotopic (exact) mass is 534 g/mol. The lowest BCUT2D eigenvalue weighted by atomic mass is 10.1. The van der Waals surface area contributed by atoms with E-state index in [2.05, 4.69) is 17.0 Å². The molecule has 1 aliphatic heterocycles. The molecule has 1 aliphatic rings. The number of nitrogens with zero attached hydrogens (tertiary/aromatic N) is 6. The van der Waals surface area contributed by atoms with Gasteiger partial charge in [0.1, 0.15) is 11.6 Å². The molecule has 1 amide bonds. The van der Waals surface area contributed by atoms with Crippen LogP contribution >= 0.6 is 11.8 Å². The first-order chi connectivity index (χ1) is 19.2. The zero-order valence-corrected chi connectivity index (χ0v) is 22.7. The molecule has 39 heavy (non-hydrogen) atoms. The van der Waals surface area contributed by atoms with E-state index in [1.807, 2.05) is 95.4 Å². The smallest absolute Gasteiger partial charge is 0.233 e. The first-order valence-electron chi connectivity index (χ1n) is 13.2. The summed E-state index contributed by atoms with van der Waals surface area (Å²) in [7, 11) is 0. The molecule has 0 spiro atoms. The molecule has 6 rings (SSSR count). The van der Waals surface area contributed by atoms with E-state index < -0.39 is 0 Å². The fourth-order valence-electron chi connectivity index (χ4n) is 4.96. The molecular weight excluding hydrogens is 504 g/mol. The van der Waals surface area contributed by atoms with Crippen molar-refractivity contribution in [1.29, 1.82) is 0 Å². The number of benzene rings is 3. The Morgan fingerprint density at radius 1 is 0.821 bits per heavy atom. The van der Waals surface area contributed by atoms with Gasteiger partial charge in [-0.2, -0.15) is 5.10 Å². The van der Waals surface area contributed by atoms with Gasteiger partial charge in [0.15, 0.2) is 5.65 Å². The van der Waals surface area contributed by atoms with Crippen LogP contribution in [0.15, 0.2) is 95.9 Å². The number of aromatic nitrogens is 4. The summed E-state index contributed by atoms with van der Waals surface area (Å²) in [5, 5.41) is 5.85. The van der Waals surface area contributed by atoms with Crippen molar-refractivity contribution in [3.05, 3.63) is 108 Å². The number of carbonyl (C=O) groups is 1. The molecule has 1 saturated heterocycles. The van der Waals surface area contributed by atoms with Crippen molar-refractivity contribution in [3.8, 4) is 5.69 Å². The maximum absolute atomic E-state index is 12.9. The molecule has 0 atom stereocenters. The van der Waals surface area contributed by atoms with Crippen LogP contribution < -0.4 is 4.90 Å². The van der Waals surface area contributed by atoms with Gasteiger partial charge in [0.05, 0.1) is 22.5 Å². The van der Waals surface area contributed by atoms with Crippen molar-refractivity contribution in [2.24, 2.45) is 0 Å². The second-order valence-corrected chi connectivity index (χ2v) is 10.7. The summed E-state index contributed by atoms with van der Waals surface area (Å²) in [6.07, 6.45) is 0.637. The molecule has 0 unspecified atom stereocenters. The number of anilines is 1. The molecule has 196 valence electrons. The van der Waals surface area contributed by atoms with E-state index in [1.54, 1.807) is 11.8 Å². The predicted molar refractivity (Wildman–Crippen MR) is 157 cm³/mol. The fraction of sp³-hybridized carbons (Fsp3) is 0.226. The Hall–Kier alpha value is -4.17. The first-order valence-corrected chi connectivity index (χ1v) is 14.2. The zero-order valence-electron chi connectivity index (χ0n) is 21.9. The van der Waals surface area contributed by atoms with Gasteiger partial charge in [0.25, 0.3) is 0 Å². The molecule has 0 saturated carbocycles. The van der Waals surface area contributed by atoms with Crippen molar-refractivity contribution in [2.75, 3.05) is 36.8 Å². The minimum atomic E-state index is 0.175. The van der Waals surface area contributed by atoms with Crippen LogP contribution in [-0.4, -0.2) is 62.5 Å². The van der Waals surface area contributed by atoms with Gasteiger partial charge in [0.2, 0.25) is 5.91 Å². The third-order valence-corrected chi connectivity index (χ3v) is 7.97. The number of hydrogen-bond acceptors (Lipinski definition) is 6. The van der Waals surface area contributed by atoms with Gasteiger partial charge in [-0.1, -0.05) is 66.7 Å². The lowest BCUT2D eigenvalue weighted by molar-refractivity contribution is -0.128. The third-order valence-electron chi connectivity index (χ3n) is 6.97. The molecule has 8 heteroatoms. The molecule has 0 aliphatic carbocycles. The average molecular weight is 535 g/mol. The Kier molecular flexibility index (Phi) is 7.27. The van der Waals surface area contributed by atoms with Crippen LogP contribution in [0.1, 0.15) is 17.1 Å². The maximum Gasteiger partial charge on any atom is 0.233 e. The number of para-hydroxylation sites is 1. The Morgan fingerprint density at radius 3 is 2.15 bits per heavy atom. The summed E-state index contributed by atoms with van der Waals surface area (Å²) in [5.74, 6) is 2.29. The standard InChI is InChI=1S/C31H30N6OS/c1-23-29-30(36-19-17-35(18-20-36)28(38)22-39-26-15-9-4-10-16-26)32-27(21-24-11-5-2-6-12-24)33-31(29)37(34-23)25-13-7-3-8-14-25/h2-16H,17-22H2,1H3. The van der Waals surface area contributed by atoms with Crippen molar-refractivity contribution in [1.82, 2.24) is 24.6 Å². The number of carbonyl (C=O) groups excluding carboxylic acids is 1. The van der Waals surface area contributed by atoms with Crippen LogP contribution in [0.25, 0.3) is 16.7 Å². The Morgan fingerprint density at radius 2 is 1.46 bits per heavy atom. The highest BCUT2D eigenvalue weighted by Gasteiger charge is 2.26. The lowest BCUT2D eigenvalue weighted by Gasteiger charge is -2.35. The average Bonchev–Trinajstić information content (AvgIpc) is 3.33. The van der Waals surface area contributed by atoms with Crippen LogP contribution in [-0.2, 0) is 11.2 Å². The molecule has 7 nitrogen and oxygen atoms in total. The largest absolute Gasteiger partial charge is 0.352 e. The van der Waals surface area contributed by atoms with E-state index in [4.69, 9.17) is 15.1 Å². The molecular formula is C31H30N6OS. The highest BCUT2D eigenvalue weighted by Crippen LogP contribution is 2.30. The van der Waals surface area contributed by atoms with Gasteiger partial charge in [-0.05, 0) is 36.8 Å². The Balaban J connectivity index is 1.28. The SMILES string of the molecule is Cc1nn(-c2ccccc2)c2nc(Cc3ccccc3)nc(N3CCN(C(=O)CSc4ccccc4)CC3)c12. The second-order valence-electron chi connectivity index (χ2n) is 9.63. The molecule has 3 heterocycles. The molecule has 0 radical (unpaired) electrons. The number of rotatable bonds is 7. The van der Waals surface area contributed by atoms with Crippen molar-refractivity contribution >= 4 is 34.5 Å². The molecule has 2 aromatic heterocycles. The number of amides is 1. The maximum atomic E-state index is 12.9. The normalized spacial score (nSPS) is 13.7.